The molecule has 0 aliphatic rings. The minimum atomic E-state index is -0.934. The summed E-state index contributed by atoms with van der Waals surface area (Å²) in [6.07, 6.45) is 0. The Morgan fingerprint density at radius 2 is 1.77 bits per heavy atom. The molecule has 0 atom stereocenters. The van der Waals surface area contributed by atoms with E-state index in [1.165, 1.54) is 6.92 Å². The predicted octanol–water partition coefficient (Wildman–Crippen LogP) is 3.80. The van der Waals surface area contributed by atoms with Gasteiger partial charge in [-0.15, -0.1) is 0 Å². The second-order valence-electron chi connectivity index (χ2n) is 6.29. The Hall–Kier alpha value is -3.73. The molecule has 0 radical (unpaired) electrons. The van der Waals surface area contributed by atoms with Crippen molar-refractivity contribution in [3.63, 3.8) is 0 Å². The Morgan fingerprint density at radius 1 is 1.16 bits per heavy atom. The van der Waals surface area contributed by atoms with Crippen LogP contribution in [0.3, 0.4) is 0 Å². The van der Waals surface area contributed by atoms with Gasteiger partial charge in [0.05, 0.1) is 34.9 Å². The molecule has 0 amide bonds. The number of nitro groups is 1. The largest absolute Gasteiger partial charge is 0.506 e. The highest BCUT2D eigenvalue weighted by Gasteiger charge is 2.34. The number of carbonyl (C=O) groups excluding carboxylic acids is 2. The third kappa shape index (κ3) is 3.75. The zero-order valence-corrected chi connectivity index (χ0v) is 18.2. The zero-order valence-electron chi connectivity index (χ0n) is 16.6. The van der Waals surface area contributed by atoms with Gasteiger partial charge in [0.25, 0.3) is 5.69 Å². The fraction of sp³-hybridized carbons (Fsp3) is 0.150. The molecule has 1 N–H and O–H groups in total. The average molecular weight is 490 g/mol. The van der Waals surface area contributed by atoms with Gasteiger partial charge < -0.3 is 14.6 Å². The van der Waals surface area contributed by atoms with Crippen LogP contribution < -0.4 is 0 Å². The minimum Gasteiger partial charge on any atom is -0.506 e. The van der Waals surface area contributed by atoms with Crippen LogP contribution >= 0.6 is 15.9 Å². The van der Waals surface area contributed by atoms with Gasteiger partial charge in [0.2, 0.25) is 0 Å². The summed E-state index contributed by atoms with van der Waals surface area (Å²) in [6, 6.07) is 9.50. The number of hydrogen-bond acceptors (Lipinski definition) is 8. The maximum absolute atomic E-state index is 12.7. The fourth-order valence-electron chi connectivity index (χ4n) is 3.03. The number of carbonyl (C=O) groups is 2. The second-order valence-corrected chi connectivity index (χ2v) is 7.08. The van der Waals surface area contributed by atoms with Gasteiger partial charge in [-0.3, -0.25) is 10.1 Å². The van der Waals surface area contributed by atoms with Gasteiger partial charge in [0.15, 0.2) is 5.69 Å². The van der Waals surface area contributed by atoms with Gasteiger partial charge in [-0.05, 0) is 35.0 Å². The lowest BCUT2D eigenvalue weighted by Crippen LogP contribution is -2.15. The molecule has 0 unspecified atom stereocenters. The zero-order chi connectivity index (χ0) is 22.9. The molecule has 160 valence electrons. The summed E-state index contributed by atoms with van der Waals surface area (Å²) in [5.41, 5.74) is -0.597. The molecule has 1 heterocycles. The third-order valence-electron chi connectivity index (χ3n) is 4.56. The van der Waals surface area contributed by atoms with Crippen molar-refractivity contribution in [3.8, 4) is 22.7 Å². The van der Waals surface area contributed by atoms with Crippen molar-refractivity contribution < 1.29 is 29.1 Å². The highest BCUT2D eigenvalue weighted by atomic mass is 79.9. The number of benzene rings is 2. The Kier molecular flexibility index (Phi) is 6.07. The van der Waals surface area contributed by atoms with Crippen LogP contribution in [0.25, 0.3) is 16.9 Å². The van der Waals surface area contributed by atoms with Crippen molar-refractivity contribution in [1.82, 2.24) is 9.78 Å². The van der Waals surface area contributed by atoms with Gasteiger partial charge in [0.1, 0.15) is 17.0 Å². The first kappa shape index (κ1) is 22.0. The standard InChI is InChI=1S/C20H16BrN3O7/c1-10-13(24(28)29)9-12(18(25)15(10)21)16-14(19(26)30-2)17(20(27)31-3)23(22-16)11-7-5-4-6-8-11/h4-9,25H,1-3H3. The van der Waals surface area contributed by atoms with Crippen LogP contribution in [0.5, 0.6) is 5.75 Å². The van der Waals surface area contributed by atoms with Crippen LogP contribution in [0.15, 0.2) is 40.9 Å². The van der Waals surface area contributed by atoms with E-state index in [1.807, 2.05) is 0 Å². The average Bonchev–Trinajstić information content (AvgIpc) is 3.17. The molecular formula is C20H16BrN3O7. The van der Waals surface area contributed by atoms with Crippen LogP contribution in [0, 0.1) is 17.0 Å². The summed E-state index contributed by atoms with van der Waals surface area (Å²) in [7, 11) is 2.25. The quantitative estimate of drug-likeness (QED) is 0.324. The van der Waals surface area contributed by atoms with Crippen LogP contribution in [0.2, 0.25) is 0 Å². The van der Waals surface area contributed by atoms with Crippen molar-refractivity contribution in [1.29, 1.82) is 0 Å². The summed E-state index contributed by atoms with van der Waals surface area (Å²) in [4.78, 5) is 36.1. The van der Waals surface area contributed by atoms with Gasteiger partial charge >= 0.3 is 11.9 Å². The van der Waals surface area contributed by atoms with E-state index < -0.39 is 16.9 Å². The van der Waals surface area contributed by atoms with Gasteiger partial charge in [-0.25, -0.2) is 14.3 Å². The number of rotatable bonds is 5. The number of para-hydroxylation sites is 1. The van der Waals surface area contributed by atoms with Crippen LogP contribution in [0.1, 0.15) is 26.4 Å². The van der Waals surface area contributed by atoms with Gasteiger partial charge in [-0.2, -0.15) is 5.10 Å². The fourth-order valence-corrected chi connectivity index (χ4v) is 3.45. The number of ether oxygens (including phenoxy) is 2. The Labute approximate surface area is 184 Å². The molecule has 31 heavy (non-hydrogen) atoms. The molecule has 0 saturated heterocycles. The van der Waals surface area contributed by atoms with Crippen molar-refractivity contribution in [2.45, 2.75) is 6.92 Å². The van der Waals surface area contributed by atoms with E-state index in [2.05, 4.69) is 21.0 Å². The molecule has 0 aliphatic heterocycles. The molecule has 1 aromatic heterocycles. The molecule has 3 rings (SSSR count). The summed E-state index contributed by atoms with van der Waals surface area (Å²) in [6.45, 7) is 1.45. The van der Waals surface area contributed by atoms with Crippen molar-refractivity contribution in [2.24, 2.45) is 0 Å². The summed E-state index contributed by atoms with van der Waals surface area (Å²) in [5, 5.41) is 26.5. The molecule has 3 aromatic rings. The number of esters is 2. The number of phenols is 1. The maximum atomic E-state index is 12.7. The van der Waals surface area contributed by atoms with E-state index in [0.29, 0.717) is 5.69 Å². The molecule has 10 nitrogen and oxygen atoms in total. The smallest absolute Gasteiger partial charge is 0.357 e. The highest BCUT2D eigenvalue weighted by molar-refractivity contribution is 9.10. The first-order valence-electron chi connectivity index (χ1n) is 8.74. The van der Waals surface area contributed by atoms with Crippen molar-refractivity contribution in [2.75, 3.05) is 14.2 Å². The first-order chi connectivity index (χ1) is 14.7. The molecule has 11 heteroatoms. The Morgan fingerprint density at radius 3 is 2.32 bits per heavy atom. The predicted molar refractivity (Wildman–Crippen MR) is 112 cm³/mol. The monoisotopic (exact) mass is 489 g/mol. The summed E-state index contributed by atoms with van der Waals surface area (Å²) in [5.74, 6) is -2.21. The highest BCUT2D eigenvalue weighted by Crippen LogP contribution is 2.43. The van der Waals surface area contributed by atoms with E-state index in [0.717, 1.165) is 25.0 Å². The van der Waals surface area contributed by atoms with Crippen molar-refractivity contribution >= 4 is 33.6 Å². The first-order valence-corrected chi connectivity index (χ1v) is 9.54. The molecule has 0 aliphatic carbocycles. The van der Waals surface area contributed by atoms with Gasteiger partial charge in [0, 0.05) is 11.6 Å². The number of aromatic nitrogens is 2. The lowest BCUT2D eigenvalue weighted by atomic mass is 10.0. The molecule has 0 spiro atoms. The van der Waals surface area contributed by atoms with E-state index in [9.17, 15) is 24.8 Å². The molecule has 0 bridgehead atoms. The van der Waals surface area contributed by atoms with Crippen molar-refractivity contribution in [3.05, 3.63) is 67.8 Å². The number of aromatic hydroxyl groups is 1. The normalized spacial score (nSPS) is 10.6. The van der Waals surface area contributed by atoms with E-state index in [4.69, 9.17) is 9.47 Å². The minimum absolute atomic E-state index is 0.0568. The van der Waals surface area contributed by atoms with Gasteiger partial charge in [-0.1, -0.05) is 18.2 Å². The Bertz CT molecular complexity index is 1210. The number of nitrogens with zero attached hydrogens (tertiary/aromatic N) is 3. The molecule has 2 aromatic carbocycles. The SMILES string of the molecule is COC(=O)c1c(-c2cc([N+](=O)[O-])c(C)c(Br)c2O)nn(-c2ccccc2)c1C(=O)OC. The molecule has 0 fully saturated rings. The summed E-state index contributed by atoms with van der Waals surface area (Å²) >= 11 is 3.14. The lowest BCUT2D eigenvalue weighted by molar-refractivity contribution is -0.385. The third-order valence-corrected chi connectivity index (χ3v) is 5.53. The number of methoxy groups -OCH3 is 2. The van der Waals surface area contributed by atoms with Crippen LogP contribution in [-0.4, -0.2) is 46.0 Å². The number of halogens is 1. The van der Waals surface area contributed by atoms with Crippen LogP contribution in [-0.2, 0) is 9.47 Å². The summed E-state index contributed by atoms with van der Waals surface area (Å²) < 4.78 is 10.9. The van der Waals surface area contributed by atoms with E-state index in [1.54, 1.807) is 30.3 Å². The molecule has 0 saturated carbocycles. The Balaban J connectivity index is 2.47. The lowest BCUT2D eigenvalue weighted by Gasteiger charge is -2.09. The molecular weight excluding hydrogens is 474 g/mol. The van der Waals surface area contributed by atoms with Crippen LogP contribution in [0.4, 0.5) is 5.69 Å². The number of nitro benzene ring substituents is 1. The number of hydrogen-bond donors (Lipinski definition) is 1. The maximum Gasteiger partial charge on any atom is 0.357 e. The number of phenolic OH excluding ortho intramolecular Hbond substituents is 1. The van der Waals surface area contributed by atoms with E-state index >= 15 is 0 Å². The topological polar surface area (TPSA) is 134 Å². The van der Waals surface area contributed by atoms with E-state index in [-0.39, 0.29) is 44.0 Å². The second kappa shape index (κ2) is 8.56.